The van der Waals surface area contributed by atoms with E-state index in [2.05, 4.69) is 21.0 Å². The molecular weight excluding hydrogens is 641 g/mol. The Hall–Kier alpha value is -4.11. The quantitative estimate of drug-likeness (QED) is 0.152. The highest BCUT2D eigenvalue weighted by Gasteiger charge is 2.17. The zero-order valence-electron chi connectivity index (χ0n) is 22.2. The minimum absolute atomic E-state index is 0.260. The van der Waals surface area contributed by atoms with Gasteiger partial charge in [0.1, 0.15) is 12.2 Å². The molecule has 0 N–H and O–H groups in total. The molecule has 4 aromatic carbocycles. The maximum Gasteiger partial charge on any atom is 0.282 e. The number of fused-ring (bicyclic) bond motifs is 2. The molecule has 0 aliphatic carbocycles. The molecular formula is C32H22BrCl2N3O4. The summed E-state index contributed by atoms with van der Waals surface area (Å²) in [5.74, 6) is 1.76. The van der Waals surface area contributed by atoms with Gasteiger partial charge in [0.15, 0.2) is 17.3 Å². The Labute approximate surface area is 259 Å². The van der Waals surface area contributed by atoms with Crippen LogP contribution in [0.15, 0.2) is 104 Å². The average molecular weight is 663 g/mol. The monoisotopic (exact) mass is 661 g/mol. The van der Waals surface area contributed by atoms with Crippen molar-refractivity contribution in [2.24, 2.45) is 5.10 Å². The van der Waals surface area contributed by atoms with E-state index < -0.39 is 0 Å². The fraction of sp³-hybridized carbons (Fsp3) is 0.0938. The van der Waals surface area contributed by atoms with Gasteiger partial charge in [-0.25, -0.2) is 4.98 Å². The van der Waals surface area contributed by atoms with Gasteiger partial charge in [0.05, 0.1) is 33.8 Å². The molecule has 0 fully saturated rings. The Morgan fingerprint density at radius 3 is 2.55 bits per heavy atom. The largest absolute Gasteiger partial charge is 0.490 e. The van der Waals surface area contributed by atoms with Crippen LogP contribution in [0.25, 0.3) is 33.5 Å². The first kappa shape index (κ1) is 28.0. The molecule has 0 aliphatic heterocycles. The second-order valence-electron chi connectivity index (χ2n) is 9.25. The first-order valence-electron chi connectivity index (χ1n) is 13.0. The molecule has 10 heteroatoms. The van der Waals surface area contributed by atoms with E-state index in [0.29, 0.717) is 60.4 Å². The van der Waals surface area contributed by atoms with Crippen molar-refractivity contribution in [1.29, 1.82) is 0 Å². The van der Waals surface area contributed by atoms with Crippen molar-refractivity contribution in [2.45, 2.75) is 13.5 Å². The van der Waals surface area contributed by atoms with E-state index in [4.69, 9.17) is 42.1 Å². The molecule has 6 rings (SSSR count). The van der Waals surface area contributed by atoms with Crippen LogP contribution in [-0.2, 0) is 6.61 Å². The molecule has 0 spiro atoms. The van der Waals surface area contributed by atoms with E-state index in [1.165, 1.54) is 4.68 Å². The van der Waals surface area contributed by atoms with Crippen molar-refractivity contribution in [3.05, 3.63) is 121 Å². The minimum atomic E-state index is -0.324. The Morgan fingerprint density at radius 2 is 1.74 bits per heavy atom. The summed E-state index contributed by atoms with van der Waals surface area (Å²) in [6.45, 7) is 2.57. The topological polar surface area (TPSA) is 78.9 Å². The Balaban J connectivity index is 1.39. The van der Waals surface area contributed by atoms with E-state index in [1.54, 1.807) is 48.7 Å². The number of furan rings is 1. The number of hydrogen-bond donors (Lipinski definition) is 0. The Morgan fingerprint density at radius 1 is 0.952 bits per heavy atom. The predicted molar refractivity (Wildman–Crippen MR) is 170 cm³/mol. The summed E-state index contributed by atoms with van der Waals surface area (Å²) in [5.41, 5.74) is 2.43. The number of benzene rings is 4. The third kappa shape index (κ3) is 5.66. The summed E-state index contributed by atoms with van der Waals surface area (Å²) < 4.78 is 19.9. The molecule has 2 aromatic heterocycles. The van der Waals surface area contributed by atoms with Gasteiger partial charge in [0.25, 0.3) is 5.56 Å². The number of ether oxygens (including phenoxy) is 2. The van der Waals surface area contributed by atoms with Crippen LogP contribution < -0.4 is 15.0 Å². The maximum atomic E-state index is 13.6. The van der Waals surface area contributed by atoms with Crippen molar-refractivity contribution in [1.82, 2.24) is 9.66 Å². The van der Waals surface area contributed by atoms with Gasteiger partial charge in [0.2, 0.25) is 5.82 Å². The third-order valence-electron chi connectivity index (χ3n) is 6.45. The molecule has 6 aromatic rings. The maximum absolute atomic E-state index is 13.6. The number of rotatable bonds is 8. The first-order chi connectivity index (χ1) is 20.4. The van der Waals surface area contributed by atoms with E-state index >= 15 is 0 Å². The van der Waals surface area contributed by atoms with Crippen molar-refractivity contribution >= 4 is 67.2 Å². The molecule has 0 atom stereocenters. The normalized spacial score (nSPS) is 11.5. The summed E-state index contributed by atoms with van der Waals surface area (Å²) in [4.78, 5) is 18.4. The van der Waals surface area contributed by atoms with Gasteiger partial charge in [-0.05, 0) is 76.9 Å². The van der Waals surface area contributed by atoms with Crippen LogP contribution in [0.3, 0.4) is 0 Å². The molecule has 2 heterocycles. The van der Waals surface area contributed by atoms with Crippen LogP contribution in [0.2, 0.25) is 10.0 Å². The number of hydrogen-bond acceptors (Lipinski definition) is 6. The highest BCUT2D eigenvalue weighted by atomic mass is 79.9. The minimum Gasteiger partial charge on any atom is -0.490 e. The summed E-state index contributed by atoms with van der Waals surface area (Å²) in [5, 5.41) is 6.85. The summed E-state index contributed by atoms with van der Waals surface area (Å²) in [7, 11) is 0. The van der Waals surface area contributed by atoms with Crippen LogP contribution in [0.5, 0.6) is 11.5 Å². The second-order valence-corrected chi connectivity index (χ2v) is 10.9. The standard InChI is InChI=1S/C32H22BrCl2N3O4/c1-2-40-28-15-21(23(33)16-29(28)41-18-19-11-12-24(34)25(35)13-19)17-36-38-31(30-14-20-7-3-6-10-27(20)42-30)37-26-9-5-4-8-22(26)32(38)39/h3-17H,2,18H2,1H3. The van der Waals surface area contributed by atoms with Gasteiger partial charge in [-0.15, -0.1) is 0 Å². The number of para-hydroxylation sites is 2. The van der Waals surface area contributed by atoms with Crippen molar-refractivity contribution < 1.29 is 13.9 Å². The number of aromatic nitrogens is 2. The van der Waals surface area contributed by atoms with E-state index in [-0.39, 0.29) is 18.0 Å². The number of halogens is 3. The molecule has 210 valence electrons. The average Bonchev–Trinajstić information content (AvgIpc) is 3.43. The molecule has 0 saturated heterocycles. The number of nitrogens with zero attached hydrogens (tertiary/aromatic N) is 3. The molecule has 0 unspecified atom stereocenters. The lowest BCUT2D eigenvalue weighted by Crippen LogP contribution is -2.20. The highest BCUT2D eigenvalue weighted by Crippen LogP contribution is 2.34. The van der Waals surface area contributed by atoms with Gasteiger partial charge >= 0.3 is 0 Å². The lowest BCUT2D eigenvalue weighted by molar-refractivity contribution is 0.269. The molecule has 0 saturated carbocycles. The van der Waals surface area contributed by atoms with Crippen molar-refractivity contribution in [3.63, 3.8) is 0 Å². The molecule has 0 bridgehead atoms. The van der Waals surface area contributed by atoms with Gasteiger partial charge in [-0.3, -0.25) is 4.79 Å². The summed E-state index contributed by atoms with van der Waals surface area (Å²) >= 11 is 15.8. The molecule has 0 radical (unpaired) electrons. The molecule has 42 heavy (non-hydrogen) atoms. The van der Waals surface area contributed by atoms with Gasteiger partial charge in [0, 0.05) is 15.4 Å². The SMILES string of the molecule is CCOc1cc(C=Nn2c(-c3cc4ccccc4o3)nc3ccccc3c2=O)c(Br)cc1OCc1ccc(Cl)c(Cl)c1. The smallest absolute Gasteiger partial charge is 0.282 e. The van der Waals surface area contributed by atoms with Crippen LogP contribution in [0, 0.1) is 0 Å². The van der Waals surface area contributed by atoms with E-state index in [1.807, 2.05) is 49.4 Å². The fourth-order valence-electron chi connectivity index (χ4n) is 4.42. The molecule has 7 nitrogen and oxygen atoms in total. The molecule has 0 aliphatic rings. The summed E-state index contributed by atoms with van der Waals surface area (Å²) in [6, 6.07) is 25.5. The highest BCUT2D eigenvalue weighted by molar-refractivity contribution is 9.10. The lowest BCUT2D eigenvalue weighted by atomic mass is 10.2. The van der Waals surface area contributed by atoms with Gasteiger partial charge in [-0.2, -0.15) is 9.78 Å². The molecule has 0 amide bonds. The first-order valence-corrected chi connectivity index (χ1v) is 14.5. The zero-order chi connectivity index (χ0) is 29.2. The van der Waals surface area contributed by atoms with Crippen LogP contribution in [-0.4, -0.2) is 22.5 Å². The summed E-state index contributed by atoms with van der Waals surface area (Å²) in [6.07, 6.45) is 1.57. The Kier molecular flexibility index (Phi) is 8.02. The van der Waals surface area contributed by atoms with E-state index in [9.17, 15) is 4.79 Å². The van der Waals surface area contributed by atoms with Crippen LogP contribution in [0.4, 0.5) is 0 Å². The van der Waals surface area contributed by atoms with E-state index in [0.717, 1.165) is 10.9 Å². The van der Waals surface area contributed by atoms with Gasteiger partial charge in [-0.1, -0.05) is 59.6 Å². The lowest BCUT2D eigenvalue weighted by Gasteiger charge is -2.14. The van der Waals surface area contributed by atoms with Crippen molar-refractivity contribution in [3.8, 4) is 23.1 Å². The van der Waals surface area contributed by atoms with Crippen molar-refractivity contribution in [2.75, 3.05) is 6.61 Å². The predicted octanol–water partition coefficient (Wildman–Crippen LogP) is 8.74. The van der Waals surface area contributed by atoms with Crippen LogP contribution in [0.1, 0.15) is 18.1 Å². The third-order valence-corrected chi connectivity index (χ3v) is 7.88. The van der Waals surface area contributed by atoms with Gasteiger partial charge < -0.3 is 13.9 Å². The fourth-order valence-corrected chi connectivity index (χ4v) is 5.17. The zero-order valence-corrected chi connectivity index (χ0v) is 25.3. The Bertz CT molecular complexity index is 2000. The second kappa shape index (κ2) is 12.0. The van der Waals surface area contributed by atoms with Crippen LogP contribution >= 0.6 is 39.1 Å².